The van der Waals surface area contributed by atoms with Crippen LogP contribution in [-0.4, -0.2) is 18.3 Å². The summed E-state index contributed by atoms with van der Waals surface area (Å²) < 4.78 is 9.67. The number of aromatic nitrogens is 4. The summed E-state index contributed by atoms with van der Waals surface area (Å²) >= 11 is 0. The van der Waals surface area contributed by atoms with Gasteiger partial charge in [0.05, 0.1) is 55.5 Å². The van der Waals surface area contributed by atoms with E-state index in [0.717, 1.165) is 5.69 Å². The second-order valence-electron chi connectivity index (χ2n) is 25.9. The van der Waals surface area contributed by atoms with Gasteiger partial charge in [0, 0.05) is 65.2 Å². The lowest BCUT2D eigenvalue weighted by Gasteiger charge is -2.12. The molecule has 4 aromatic heterocycles. The molecule has 0 saturated heterocycles. The molecule has 21 aromatic rings. The van der Waals surface area contributed by atoms with Crippen molar-refractivity contribution in [1.29, 1.82) is 0 Å². The third kappa shape index (κ3) is 8.78. The maximum Gasteiger partial charge on any atom is 0.0541 e. The number of benzene rings is 17. The quantitative estimate of drug-likeness (QED) is 0.152. The first-order valence-corrected chi connectivity index (χ1v) is 33.8. The average molecular weight is 1250 g/mol. The van der Waals surface area contributed by atoms with Gasteiger partial charge in [-0.3, -0.25) is 0 Å². The number of para-hydroxylation sites is 4. The third-order valence-corrected chi connectivity index (χ3v) is 20.6. The maximum absolute atomic E-state index is 2.43. The van der Waals surface area contributed by atoms with Crippen molar-refractivity contribution in [1.82, 2.24) is 18.3 Å². The van der Waals surface area contributed by atoms with Crippen LogP contribution < -0.4 is 0 Å². The first-order chi connectivity index (χ1) is 48.6. The monoisotopic (exact) mass is 1240 g/mol. The summed E-state index contributed by atoms with van der Waals surface area (Å²) in [5, 5.41) is 20.1. The molecule has 0 atom stereocenters. The molecule has 0 fully saturated rings. The van der Waals surface area contributed by atoms with Crippen molar-refractivity contribution in [2.45, 2.75) is 0 Å². The zero-order valence-electron chi connectivity index (χ0n) is 53.4. The first-order valence-electron chi connectivity index (χ1n) is 33.8. The van der Waals surface area contributed by atoms with Crippen LogP contribution in [0.2, 0.25) is 0 Å². The summed E-state index contributed by atoms with van der Waals surface area (Å²) in [4.78, 5) is 0. The van der Waals surface area contributed by atoms with Crippen molar-refractivity contribution < 1.29 is 0 Å². The highest BCUT2D eigenvalue weighted by Gasteiger charge is 2.21. The van der Waals surface area contributed by atoms with E-state index < -0.39 is 0 Å². The van der Waals surface area contributed by atoms with Crippen LogP contribution in [0.15, 0.2) is 364 Å². The van der Waals surface area contributed by atoms with Gasteiger partial charge in [-0.1, -0.05) is 255 Å². The molecule has 0 amide bonds. The normalized spacial score (nSPS) is 11.9. The predicted octanol–water partition coefficient (Wildman–Crippen LogP) is 25.4. The Morgan fingerprint density at radius 1 is 0.143 bits per heavy atom. The Kier molecular flexibility index (Phi) is 12.6. The van der Waals surface area contributed by atoms with Crippen LogP contribution >= 0.6 is 0 Å². The number of rotatable bonds is 7. The zero-order chi connectivity index (χ0) is 64.4. The summed E-state index contributed by atoms with van der Waals surface area (Å²) in [6.07, 6.45) is 0. The standard InChI is InChI=1S/C50H32N2.C44H28N2/c1-3-15-39-33(11-1)13-9-19-40(39)35-23-27-38(28-24-35)51-47-20-7-5-17-42(47)44-31-36(25-29-49(44)51)37-26-30-50-45(32-37)43-18-6-8-21-48(43)52(50)46-22-10-14-34-12-2-4-16-41(34)46;1-2-12-31-26-34(23-20-29(31)10-1)45-41-17-7-5-15-36(41)38-27-32(21-24-43(38)45)33-22-25-44-39(28-33)37-16-6-8-18-42(37)46(44)40-19-9-13-30-11-3-4-14-35(30)40/h1-32H;1-28H. The molecule has 0 saturated carbocycles. The molecule has 0 aliphatic carbocycles. The molecule has 98 heavy (non-hydrogen) atoms. The van der Waals surface area contributed by atoms with E-state index in [-0.39, 0.29) is 0 Å². The highest BCUT2D eigenvalue weighted by Crippen LogP contribution is 2.43. The minimum Gasteiger partial charge on any atom is -0.309 e. The van der Waals surface area contributed by atoms with Gasteiger partial charge in [-0.15, -0.1) is 0 Å². The minimum atomic E-state index is 1.16. The maximum atomic E-state index is 2.43. The molecule has 0 radical (unpaired) electrons. The van der Waals surface area contributed by atoms with E-state index in [1.165, 1.54) is 181 Å². The van der Waals surface area contributed by atoms with Gasteiger partial charge in [0.2, 0.25) is 0 Å². The van der Waals surface area contributed by atoms with Crippen molar-refractivity contribution in [3.63, 3.8) is 0 Å². The molecule has 21 rings (SSSR count). The van der Waals surface area contributed by atoms with E-state index >= 15 is 0 Å². The van der Waals surface area contributed by atoms with Crippen LogP contribution in [0, 0.1) is 0 Å². The zero-order valence-corrected chi connectivity index (χ0v) is 53.4. The molecular weight excluding hydrogens is 1190 g/mol. The molecule has 456 valence electrons. The van der Waals surface area contributed by atoms with E-state index in [1.54, 1.807) is 0 Å². The number of nitrogens with zero attached hydrogens (tertiary/aromatic N) is 4. The lowest BCUT2D eigenvalue weighted by atomic mass is 9.98. The SMILES string of the molecule is c1ccc2c(-c3ccc(-n4c5ccccc5c5cc(-c6ccc7c(c6)c6ccccc6n7-c6cccc7ccccc67)ccc54)cc3)cccc2c1.c1ccc2cc(-n3c4ccccc4c4cc(-c5ccc6c(c5)c5ccccc5n6-c5cccc6ccccc56)ccc43)ccc2c1. The van der Waals surface area contributed by atoms with Gasteiger partial charge in [0.1, 0.15) is 0 Å². The third-order valence-electron chi connectivity index (χ3n) is 20.6. The van der Waals surface area contributed by atoms with E-state index in [1.807, 2.05) is 0 Å². The van der Waals surface area contributed by atoms with Crippen LogP contribution in [0.25, 0.3) is 186 Å². The van der Waals surface area contributed by atoms with Gasteiger partial charge in [-0.05, 0) is 175 Å². The molecule has 0 aliphatic rings. The van der Waals surface area contributed by atoms with Gasteiger partial charge >= 0.3 is 0 Å². The Labute approximate surface area is 565 Å². The summed E-state index contributed by atoms with van der Waals surface area (Å²) in [5.74, 6) is 0. The van der Waals surface area contributed by atoms with Crippen molar-refractivity contribution >= 4 is 130 Å². The lowest BCUT2D eigenvalue weighted by molar-refractivity contribution is 1.18. The predicted molar refractivity (Wildman–Crippen MR) is 417 cm³/mol. The number of hydrogen-bond acceptors (Lipinski definition) is 0. The van der Waals surface area contributed by atoms with Gasteiger partial charge in [0.15, 0.2) is 0 Å². The molecule has 0 aliphatic heterocycles. The smallest absolute Gasteiger partial charge is 0.0541 e. The molecule has 0 unspecified atom stereocenters. The van der Waals surface area contributed by atoms with Gasteiger partial charge in [0.25, 0.3) is 0 Å². The van der Waals surface area contributed by atoms with E-state index in [9.17, 15) is 0 Å². The first kappa shape index (κ1) is 55.4. The molecule has 4 heterocycles. The second kappa shape index (κ2) is 22.3. The molecule has 0 spiro atoms. The van der Waals surface area contributed by atoms with E-state index in [0.29, 0.717) is 0 Å². The summed E-state index contributed by atoms with van der Waals surface area (Å²) in [7, 11) is 0. The summed E-state index contributed by atoms with van der Waals surface area (Å²) in [5.41, 5.74) is 21.8. The Bertz CT molecular complexity index is 6790. The van der Waals surface area contributed by atoms with Crippen LogP contribution in [0.4, 0.5) is 0 Å². The average Bonchev–Trinajstić information content (AvgIpc) is 1.59. The Hall–Kier alpha value is -13.0. The fourth-order valence-electron chi connectivity index (χ4n) is 16.1. The van der Waals surface area contributed by atoms with Crippen LogP contribution in [0.5, 0.6) is 0 Å². The van der Waals surface area contributed by atoms with Gasteiger partial charge < -0.3 is 18.3 Å². The van der Waals surface area contributed by atoms with Crippen molar-refractivity contribution in [3.8, 4) is 56.1 Å². The minimum absolute atomic E-state index is 1.16. The molecule has 4 nitrogen and oxygen atoms in total. The second-order valence-corrected chi connectivity index (χ2v) is 25.9. The number of fused-ring (bicyclic) bond motifs is 16. The number of hydrogen-bond donors (Lipinski definition) is 0. The molecule has 0 bridgehead atoms. The fraction of sp³-hybridized carbons (Fsp3) is 0. The van der Waals surface area contributed by atoms with Crippen molar-refractivity contribution in [2.75, 3.05) is 0 Å². The molecule has 0 N–H and O–H groups in total. The Balaban J connectivity index is 0.000000134. The highest BCUT2D eigenvalue weighted by molar-refractivity contribution is 6.16. The van der Waals surface area contributed by atoms with Crippen LogP contribution in [-0.2, 0) is 0 Å². The fourth-order valence-corrected chi connectivity index (χ4v) is 16.1. The topological polar surface area (TPSA) is 19.7 Å². The summed E-state index contributed by atoms with van der Waals surface area (Å²) in [6, 6.07) is 133. The van der Waals surface area contributed by atoms with E-state index in [2.05, 4.69) is 382 Å². The van der Waals surface area contributed by atoms with Gasteiger partial charge in [-0.25, -0.2) is 0 Å². The van der Waals surface area contributed by atoms with E-state index in [4.69, 9.17) is 0 Å². The molecule has 4 heteroatoms. The Morgan fingerprint density at radius 3 is 0.888 bits per heavy atom. The molecule has 17 aromatic carbocycles. The Morgan fingerprint density at radius 2 is 0.439 bits per heavy atom. The van der Waals surface area contributed by atoms with Crippen LogP contribution in [0.3, 0.4) is 0 Å². The lowest BCUT2D eigenvalue weighted by Crippen LogP contribution is -1.95. The van der Waals surface area contributed by atoms with Crippen molar-refractivity contribution in [3.05, 3.63) is 364 Å². The van der Waals surface area contributed by atoms with Crippen LogP contribution in [0.1, 0.15) is 0 Å². The molecular formula is C94H60N4. The van der Waals surface area contributed by atoms with Crippen molar-refractivity contribution in [2.24, 2.45) is 0 Å². The summed E-state index contributed by atoms with van der Waals surface area (Å²) in [6.45, 7) is 0. The van der Waals surface area contributed by atoms with Gasteiger partial charge in [-0.2, -0.15) is 0 Å². The largest absolute Gasteiger partial charge is 0.309 e. The highest BCUT2D eigenvalue weighted by atomic mass is 15.0.